The van der Waals surface area contributed by atoms with E-state index in [4.69, 9.17) is 0 Å². The van der Waals surface area contributed by atoms with Crippen LogP contribution in [-0.4, -0.2) is 20.8 Å². The number of Topliss-reactive ketones (excluding diaryl/α,β-unsaturated/α-hetero) is 1. The summed E-state index contributed by atoms with van der Waals surface area (Å²) < 4.78 is 2.53. The van der Waals surface area contributed by atoms with E-state index in [1.165, 1.54) is 0 Å². The Hall–Kier alpha value is -1.50. The van der Waals surface area contributed by atoms with Gasteiger partial charge in [0.05, 0.1) is 6.54 Å². The molecule has 1 aromatic carbocycles. The first kappa shape index (κ1) is 13.9. The summed E-state index contributed by atoms with van der Waals surface area (Å²) in [5.41, 5.74) is 1.59. The molecule has 0 aliphatic rings. The van der Waals surface area contributed by atoms with Crippen LogP contribution in [0.1, 0.15) is 28.9 Å². The van der Waals surface area contributed by atoms with E-state index in [1.54, 1.807) is 10.8 Å². The third kappa shape index (κ3) is 3.50. The fraction of sp³-hybridized carbons (Fsp3) is 0.214. The molecule has 0 fully saturated rings. The summed E-state index contributed by atoms with van der Waals surface area (Å²) in [6, 6.07) is 9.98. The number of benzene rings is 1. The summed E-state index contributed by atoms with van der Waals surface area (Å²) in [6.07, 6.45) is 2.84. The van der Waals surface area contributed by atoms with Crippen LogP contribution < -0.4 is 0 Å². The smallest absolute Gasteiger partial charge is 0.186 e. The first-order chi connectivity index (χ1) is 9.22. The lowest BCUT2D eigenvalue weighted by molar-refractivity contribution is 0.0978. The van der Waals surface area contributed by atoms with Gasteiger partial charge in [-0.2, -0.15) is 0 Å². The second-order valence-corrected chi connectivity index (χ2v) is 5.14. The predicted molar refractivity (Wildman–Crippen MR) is 82.0 cm³/mol. The average Bonchev–Trinajstić information content (AvgIpc) is 2.79. The van der Waals surface area contributed by atoms with Gasteiger partial charge < -0.3 is 0 Å². The molecule has 98 valence electrons. The highest BCUT2D eigenvalue weighted by molar-refractivity contribution is 14.1. The van der Waals surface area contributed by atoms with Crippen LogP contribution >= 0.6 is 22.6 Å². The molecule has 2 rings (SSSR count). The molecule has 0 saturated carbocycles. The van der Waals surface area contributed by atoms with Crippen molar-refractivity contribution in [1.82, 2.24) is 15.0 Å². The van der Waals surface area contributed by atoms with Gasteiger partial charge >= 0.3 is 0 Å². The van der Waals surface area contributed by atoms with Gasteiger partial charge in [0.1, 0.15) is 3.70 Å². The number of carbonyl (C=O) groups excluding carboxylic acids is 1. The largest absolute Gasteiger partial charge is 0.292 e. The van der Waals surface area contributed by atoms with Gasteiger partial charge in [0, 0.05) is 6.42 Å². The Bertz CT molecular complexity index is 578. The Morgan fingerprint density at radius 3 is 2.79 bits per heavy atom. The average molecular weight is 367 g/mol. The Morgan fingerprint density at radius 2 is 2.11 bits per heavy atom. The van der Waals surface area contributed by atoms with Crippen LogP contribution in [0.2, 0.25) is 0 Å². The minimum Gasteiger partial charge on any atom is -0.292 e. The molecule has 0 bridgehead atoms. The zero-order valence-corrected chi connectivity index (χ0v) is 12.6. The van der Waals surface area contributed by atoms with Gasteiger partial charge in [-0.15, -0.1) is 11.7 Å². The van der Waals surface area contributed by atoms with Crippen molar-refractivity contribution in [1.29, 1.82) is 0 Å². The molecule has 4 nitrogen and oxygen atoms in total. The number of halogens is 1. The van der Waals surface area contributed by atoms with Crippen molar-refractivity contribution in [3.05, 3.63) is 57.9 Å². The number of rotatable bonds is 6. The van der Waals surface area contributed by atoms with E-state index in [9.17, 15) is 4.79 Å². The van der Waals surface area contributed by atoms with Gasteiger partial charge in [-0.25, -0.2) is 4.68 Å². The van der Waals surface area contributed by atoms with Crippen LogP contribution in [0, 0.1) is 3.70 Å². The van der Waals surface area contributed by atoms with Crippen molar-refractivity contribution in [3.8, 4) is 0 Å². The molecule has 1 aromatic heterocycles. The van der Waals surface area contributed by atoms with Crippen LogP contribution in [0.25, 0.3) is 0 Å². The standard InChI is InChI=1S/C14H14IN3O/c1-2-3-9-12(19)13-14(15)18(17-16-13)10-11-7-5-4-6-8-11/h2,4-8H,1,3,9-10H2. The first-order valence-corrected chi connectivity index (χ1v) is 7.07. The molecule has 0 saturated heterocycles. The molecular formula is C14H14IN3O. The number of hydrogen-bond donors (Lipinski definition) is 0. The zero-order chi connectivity index (χ0) is 13.7. The molecule has 19 heavy (non-hydrogen) atoms. The van der Waals surface area contributed by atoms with Crippen LogP contribution in [0.3, 0.4) is 0 Å². The molecule has 1 heterocycles. The lowest BCUT2D eigenvalue weighted by Gasteiger charge is -2.02. The molecule has 0 aliphatic heterocycles. The van der Waals surface area contributed by atoms with Crippen LogP contribution in [-0.2, 0) is 6.54 Å². The Balaban J connectivity index is 2.14. The summed E-state index contributed by atoms with van der Waals surface area (Å²) >= 11 is 2.12. The van der Waals surface area contributed by atoms with E-state index in [0.717, 1.165) is 9.26 Å². The molecule has 0 atom stereocenters. The lowest BCUT2D eigenvalue weighted by Crippen LogP contribution is -2.06. The van der Waals surface area contributed by atoms with Gasteiger partial charge in [0.15, 0.2) is 11.5 Å². The number of ketones is 1. The highest BCUT2D eigenvalue weighted by Crippen LogP contribution is 2.14. The van der Waals surface area contributed by atoms with Crippen LogP contribution in [0.4, 0.5) is 0 Å². The van der Waals surface area contributed by atoms with E-state index in [1.807, 2.05) is 30.3 Å². The number of carbonyl (C=O) groups is 1. The summed E-state index contributed by atoms with van der Waals surface area (Å²) in [7, 11) is 0. The van der Waals surface area contributed by atoms with E-state index in [2.05, 4.69) is 39.5 Å². The van der Waals surface area contributed by atoms with E-state index in [0.29, 0.717) is 25.1 Å². The van der Waals surface area contributed by atoms with Crippen molar-refractivity contribution in [2.24, 2.45) is 0 Å². The molecule has 2 aromatic rings. The van der Waals surface area contributed by atoms with Crippen LogP contribution in [0.5, 0.6) is 0 Å². The van der Waals surface area contributed by atoms with Crippen molar-refractivity contribution >= 4 is 28.4 Å². The fourth-order valence-corrected chi connectivity index (χ4v) is 2.36. The van der Waals surface area contributed by atoms with Crippen molar-refractivity contribution in [3.63, 3.8) is 0 Å². The molecule has 5 heteroatoms. The molecule has 0 radical (unpaired) electrons. The maximum Gasteiger partial charge on any atom is 0.186 e. The number of allylic oxidation sites excluding steroid dienone is 1. The van der Waals surface area contributed by atoms with Gasteiger partial charge in [-0.3, -0.25) is 4.79 Å². The number of hydrogen-bond acceptors (Lipinski definition) is 3. The van der Waals surface area contributed by atoms with E-state index in [-0.39, 0.29) is 5.78 Å². The summed E-state index contributed by atoms with van der Waals surface area (Å²) in [4.78, 5) is 11.9. The summed E-state index contributed by atoms with van der Waals surface area (Å²) in [5, 5.41) is 8.04. The highest BCUT2D eigenvalue weighted by Gasteiger charge is 2.16. The maximum absolute atomic E-state index is 11.9. The lowest BCUT2D eigenvalue weighted by atomic mass is 10.2. The molecule has 0 unspecified atom stereocenters. The second-order valence-electron chi connectivity index (χ2n) is 4.12. The molecule has 0 N–H and O–H groups in total. The SMILES string of the molecule is C=CCCC(=O)c1nnn(Cc2ccccc2)c1I. The molecule has 0 amide bonds. The predicted octanol–water partition coefficient (Wildman–Crippen LogP) is 3.08. The summed E-state index contributed by atoms with van der Waals surface area (Å²) in [5.74, 6) is 0.0172. The molecular weight excluding hydrogens is 353 g/mol. The quantitative estimate of drug-likeness (QED) is 0.448. The topological polar surface area (TPSA) is 47.8 Å². The molecule has 0 spiro atoms. The highest BCUT2D eigenvalue weighted by atomic mass is 127. The number of aromatic nitrogens is 3. The normalized spacial score (nSPS) is 10.4. The fourth-order valence-electron chi connectivity index (χ4n) is 1.68. The Morgan fingerprint density at radius 1 is 1.37 bits per heavy atom. The Kier molecular flexibility index (Phi) is 4.84. The van der Waals surface area contributed by atoms with Crippen LogP contribution in [0.15, 0.2) is 43.0 Å². The minimum atomic E-state index is 0.0172. The monoisotopic (exact) mass is 367 g/mol. The zero-order valence-electron chi connectivity index (χ0n) is 10.4. The van der Waals surface area contributed by atoms with Crippen molar-refractivity contribution < 1.29 is 4.79 Å². The second kappa shape index (κ2) is 6.60. The van der Waals surface area contributed by atoms with Crippen molar-refractivity contribution in [2.45, 2.75) is 19.4 Å². The number of nitrogens with zero attached hydrogens (tertiary/aromatic N) is 3. The van der Waals surface area contributed by atoms with Crippen molar-refractivity contribution in [2.75, 3.05) is 0 Å². The van der Waals surface area contributed by atoms with Gasteiger partial charge in [-0.1, -0.05) is 41.6 Å². The minimum absolute atomic E-state index is 0.0172. The third-order valence-electron chi connectivity index (χ3n) is 2.69. The van der Waals surface area contributed by atoms with E-state index < -0.39 is 0 Å². The van der Waals surface area contributed by atoms with Gasteiger partial charge in [-0.05, 0) is 34.6 Å². The maximum atomic E-state index is 11.9. The van der Waals surface area contributed by atoms with Gasteiger partial charge in [0.2, 0.25) is 0 Å². The third-order valence-corrected chi connectivity index (χ3v) is 3.76. The van der Waals surface area contributed by atoms with Gasteiger partial charge in [0.25, 0.3) is 0 Å². The van der Waals surface area contributed by atoms with E-state index >= 15 is 0 Å². The Labute approximate surface area is 125 Å². The summed E-state index contributed by atoms with van der Waals surface area (Å²) in [6.45, 7) is 4.24. The first-order valence-electron chi connectivity index (χ1n) is 5.99. The molecule has 0 aliphatic carbocycles.